The van der Waals surface area contributed by atoms with Crippen molar-refractivity contribution in [2.45, 2.75) is 32.8 Å². The van der Waals surface area contributed by atoms with E-state index in [2.05, 4.69) is 17.2 Å². The van der Waals surface area contributed by atoms with E-state index in [0.29, 0.717) is 24.2 Å². The molecule has 1 aromatic rings. The number of aromatic hydroxyl groups is 1. The molecule has 1 amide bonds. The Morgan fingerprint density at radius 3 is 2.80 bits per heavy atom. The third-order valence-corrected chi connectivity index (χ3v) is 2.21. The fourth-order valence-corrected chi connectivity index (χ4v) is 1.36. The van der Waals surface area contributed by atoms with Gasteiger partial charge in [-0.25, -0.2) is 4.79 Å². The number of ether oxygens (including phenoxy) is 1. The van der Waals surface area contributed by atoms with Crippen molar-refractivity contribution in [1.29, 1.82) is 0 Å². The highest BCUT2D eigenvalue weighted by Crippen LogP contribution is 2.23. The lowest BCUT2D eigenvalue weighted by Crippen LogP contribution is -2.32. The van der Waals surface area contributed by atoms with E-state index in [1.807, 2.05) is 0 Å². The number of para-hydroxylation sites is 1. The summed E-state index contributed by atoms with van der Waals surface area (Å²) in [6.45, 7) is 5.78. The second-order valence-corrected chi connectivity index (χ2v) is 5.22. The predicted molar refractivity (Wildman–Crippen MR) is 78.3 cm³/mol. The molecule has 0 saturated carbocycles. The highest BCUT2D eigenvalue weighted by atomic mass is 16.6. The first kappa shape index (κ1) is 15.7. The standard InChI is InChI=1S/C15H20N2O3/c1-15(2,3)20-14(19)17-10-5-4-7-11-8-6-9-12(16)13(11)18/h6,8-9,18H,5,10,16H2,1-3H3,(H,17,19). The van der Waals surface area contributed by atoms with Gasteiger partial charge in [0.25, 0.3) is 0 Å². The molecule has 5 heteroatoms. The molecule has 0 aliphatic heterocycles. The van der Waals surface area contributed by atoms with Crippen LogP contribution in [-0.2, 0) is 4.74 Å². The van der Waals surface area contributed by atoms with Gasteiger partial charge in [-0.1, -0.05) is 17.9 Å². The Morgan fingerprint density at radius 2 is 2.15 bits per heavy atom. The summed E-state index contributed by atoms with van der Waals surface area (Å²) in [6, 6.07) is 5.00. The zero-order valence-corrected chi connectivity index (χ0v) is 12.0. The van der Waals surface area contributed by atoms with Crippen molar-refractivity contribution in [3.05, 3.63) is 23.8 Å². The number of carbonyl (C=O) groups is 1. The first-order valence-corrected chi connectivity index (χ1v) is 6.33. The van der Waals surface area contributed by atoms with Crippen LogP contribution in [0.3, 0.4) is 0 Å². The zero-order valence-electron chi connectivity index (χ0n) is 12.0. The van der Waals surface area contributed by atoms with E-state index in [1.165, 1.54) is 0 Å². The summed E-state index contributed by atoms with van der Waals surface area (Å²) >= 11 is 0. The Hall–Kier alpha value is -2.35. The van der Waals surface area contributed by atoms with Crippen LogP contribution in [0.2, 0.25) is 0 Å². The molecule has 0 bridgehead atoms. The predicted octanol–water partition coefficient (Wildman–Crippen LogP) is 2.24. The van der Waals surface area contributed by atoms with Crippen LogP contribution in [-0.4, -0.2) is 23.3 Å². The van der Waals surface area contributed by atoms with Gasteiger partial charge in [0.2, 0.25) is 0 Å². The van der Waals surface area contributed by atoms with E-state index in [9.17, 15) is 9.90 Å². The average molecular weight is 276 g/mol. The summed E-state index contributed by atoms with van der Waals surface area (Å²) in [7, 11) is 0. The third-order valence-electron chi connectivity index (χ3n) is 2.21. The molecule has 20 heavy (non-hydrogen) atoms. The fourth-order valence-electron chi connectivity index (χ4n) is 1.36. The topological polar surface area (TPSA) is 84.6 Å². The molecule has 0 aliphatic rings. The lowest BCUT2D eigenvalue weighted by molar-refractivity contribution is 0.0529. The molecule has 0 atom stereocenters. The minimum absolute atomic E-state index is 0.0138. The second kappa shape index (κ2) is 6.71. The summed E-state index contributed by atoms with van der Waals surface area (Å²) in [6.07, 6.45) is -0.0147. The molecule has 1 aromatic carbocycles. The van der Waals surface area contributed by atoms with Crippen LogP contribution in [0.1, 0.15) is 32.8 Å². The lowest BCUT2D eigenvalue weighted by Gasteiger charge is -2.19. The number of anilines is 1. The quantitative estimate of drug-likeness (QED) is 0.335. The normalized spacial score (nSPS) is 10.3. The van der Waals surface area contributed by atoms with Gasteiger partial charge in [0.05, 0.1) is 11.3 Å². The maximum absolute atomic E-state index is 11.4. The minimum atomic E-state index is -0.511. The number of amides is 1. The van der Waals surface area contributed by atoms with E-state index < -0.39 is 11.7 Å². The number of phenolic OH excluding ortho intramolecular Hbond substituents is 1. The van der Waals surface area contributed by atoms with Crippen molar-refractivity contribution in [2.75, 3.05) is 12.3 Å². The van der Waals surface area contributed by atoms with Gasteiger partial charge in [-0.3, -0.25) is 0 Å². The van der Waals surface area contributed by atoms with Crippen molar-refractivity contribution in [2.24, 2.45) is 0 Å². The number of phenols is 1. The van der Waals surface area contributed by atoms with Gasteiger partial charge in [0.15, 0.2) is 5.75 Å². The third kappa shape index (κ3) is 5.53. The molecule has 0 heterocycles. The first-order valence-electron chi connectivity index (χ1n) is 6.33. The van der Waals surface area contributed by atoms with Crippen molar-refractivity contribution in [3.8, 4) is 17.6 Å². The summed E-state index contributed by atoms with van der Waals surface area (Å²) in [5.41, 5.74) is 5.82. The van der Waals surface area contributed by atoms with Crippen molar-refractivity contribution in [3.63, 3.8) is 0 Å². The Kier molecular flexibility index (Phi) is 5.27. The van der Waals surface area contributed by atoms with Crippen LogP contribution in [0, 0.1) is 11.8 Å². The van der Waals surface area contributed by atoms with Crippen LogP contribution < -0.4 is 11.1 Å². The van der Waals surface area contributed by atoms with E-state index in [0.717, 1.165) is 0 Å². The molecule has 0 radical (unpaired) electrons. The van der Waals surface area contributed by atoms with Gasteiger partial charge < -0.3 is 20.9 Å². The van der Waals surface area contributed by atoms with Crippen LogP contribution in [0.25, 0.3) is 0 Å². The van der Waals surface area contributed by atoms with Gasteiger partial charge in [-0.15, -0.1) is 0 Å². The number of nitrogens with two attached hydrogens (primary N) is 1. The molecule has 0 spiro atoms. The zero-order chi connectivity index (χ0) is 15.2. The maximum Gasteiger partial charge on any atom is 0.407 e. The average Bonchev–Trinajstić information content (AvgIpc) is 2.31. The Labute approximate surface area is 119 Å². The van der Waals surface area contributed by atoms with Gasteiger partial charge in [-0.2, -0.15) is 0 Å². The molecule has 5 nitrogen and oxygen atoms in total. The molecule has 4 N–H and O–H groups in total. The molecule has 0 saturated heterocycles. The number of alkyl carbamates (subject to hydrolysis) is 1. The number of benzene rings is 1. The molecule has 1 rings (SSSR count). The van der Waals surface area contributed by atoms with E-state index >= 15 is 0 Å². The van der Waals surface area contributed by atoms with Crippen LogP contribution in [0.5, 0.6) is 5.75 Å². The summed E-state index contributed by atoms with van der Waals surface area (Å²) in [5.74, 6) is 5.64. The van der Waals surface area contributed by atoms with Gasteiger partial charge in [0, 0.05) is 13.0 Å². The Balaban J connectivity index is 2.41. The van der Waals surface area contributed by atoms with Crippen LogP contribution in [0.4, 0.5) is 10.5 Å². The second-order valence-electron chi connectivity index (χ2n) is 5.22. The SMILES string of the molecule is CC(C)(C)OC(=O)NCCC#Cc1cccc(N)c1O. The highest BCUT2D eigenvalue weighted by molar-refractivity contribution is 5.67. The largest absolute Gasteiger partial charge is 0.505 e. The van der Waals surface area contributed by atoms with Crippen molar-refractivity contribution >= 4 is 11.8 Å². The number of rotatable bonds is 2. The van der Waals surface area contributed by atoms with Gasteiger partial charge >= 0.3 is 6.09 Å². The molecular formula is C15H20N2O3. The number of carbonyl (C=O) groups excluding carboxylic acids is 1. The molecule has 0 aliphatic carbocycles. The maximum atomic E-state index is 11.4. The number of hydrogen-bond acceptors (Lipinski definition) is 4. The summed E-state index contributed by atoms with van der Waals surface area (Å²) in [4.78, 5) is 11.4. The molecule has 0 unspecified atom stereocenters. The molecule has 0 aromatic heterocycles. The minimum Gasteiger partial charge on any atom is -0.505 e. The smallest absolute Gasteiger partial charge is 0.407 e. The Bertz CT molecular complexity index is 536. The first-order chi connectivity index (χ1) is 9.29. The lowest BCUT2D eigenvalue weighted by atomic mass is 10.2. The number of nitrogen functional groups attached to an aromatic ring is 1. The van der Waals surface area contributed by atoms with E-state index in [-0.39, 0.29) is 5.75 Å². The van der Waals surface area contributed by atoms with Crippen LogP contribution >= 0.6 is 0 Å². The number of nitrogens with one attached hydrogen (secondary N) is 1. The van der Waals surface area contributed by atoms with E-state index in [4.69, 9.17) is 10.5 Å². The number of hydrogen-bond donors (Lipinski definition) is 3. The van der Waals surface area contributed by atoms with Gasteiger partial charge in [-0.05, 0) is 32.9 Å². The highest BCUT2D eigenvalue weighted by Gasteiger charge is 2.15. The molecular weight excluding hydrogens is 256 g/mol. The van der Waals surface area contributed by atoms with Gasteiger partial charge in [0.1, 0.15) is 5.60 Å². The molecule has 108 valence electrons. The monoisotopic (exact) mass is 276 g/mol. The summed E-state index contributed by atoms with van der Waals surface area (Å²) in [5, 5.41) is 12.3. The van der Waals surface area contributed by atoms with Crippen molar-refractivity contribution in [1.82, 2.24) is 5.32 Å². The van der Waals surface area contributed by atoms with Crippen LogP contribution in [0.15, 0.2) is 18.2 Å². The summed E-state index contributed by atoms with van der Waals surface area (Å²) < 4.78 is 5.08. The van der Waals surface area contributed by atoms with Crippen molar-refractivity contribution < 1.29 is 14.6 Å². The van der Waals surface area contributed by atoms with E-state index in [1.54, 1.807) is 39.0 Å². The Morgan fingerprint density at radius 1 is 1.45 bits per heavy atom. The fraction of sp³-hybridized carbons (Fsp3) is 0.400. The molecule has 0 fully saturated rings.